The first kappa shape index (κ1) is 10.8. The van der Waals surface area contributed by atoms with Crippen LogP contribution in [0.15, 0.2) is 24.3 Å². The molecule has 0 heterocycles. The lowest BCUT2D eigenvalue weighted by molar-refractivity contribution is 0.0696. The van der Waals surface area contributed by atoms with Gasteiger partial charge in [-0.15, -0.1) is 0 Å². The second-order valence-corrected chi connectivity index (χ2v) is 2.99. The Kier molecular flexibility index (Phi) is 3.71. The molecule has 2 nitrogen and oxygen atoms in total. The molecule has 0 bridgehead atoms. The van der Waals surface area contributed by atoms with Crippen LogP contribution < -0.4 is 0 Å². The van der Waals surface area contributed by atoms with E-state index in [4.69, 9.17) is 5.11 Å². The van der Waals surface area contributed by atoms with Gasteiger partial charge in [-0.25, -0.2) is 9.18 Å². The third-order valence-electron chi connectivity index (χ3n) is 1.65. The number of carbonyl (C=O) groups is 1. The van der Waals surface area contributed by atoms with E-state index in [0.717, 1.165) is 6.07 Å². The lowest BCUT2D eigenvalue weighted by atomic mass is 10.1. The summed E-state index contributed by atoms with van der Waals surface area (Å²) in [6, 6.07) is 3.79. The van der Waals surface area contributed by atoms with Crippen molar-refractivity contribution in [2.75, 3.05) is 5.75 Å². The van der Waals surface area contributed by atoms with E-state index in [1.807, 2.05) is 0 Å². The maximum absolute atomic E-state index is 13.2. The lowest BCUT2D eigenvalue weighted by Crippen LogP contribution is -1.97. The molecule has 14 heavy (non-hydrogen) atoms. The van der Waals surface area contributed by atoms with E-state index < -0.39 is 11.8 Å². The fourth-order valence-corrected chi connectivity index (χ4v) is 1.08. The van der Waals surface area contributed by atoms with Gasteiger partial charge in [0.25, 0.3) is 0 Å². The van der Waals surface area contributed by atoms with Crippen molar-refractivity contribution in [3.8, 4) is 0 Å². The summed E-state index contributed by atoms with van der Waals surface area (Å²) in [5.41, 5.74) is 0.314. The van der Waals surface area contributed by atoms with Gasteiger partial charge in [0.15, 0.2) is 0 Å². The van der Waals surface area contributed by atoms with Crippen molar-refractivity contribution < 1.29 is 14.3 Å². The van der Waals surface area contributed by atoms with E-state index in [2.05, 4.69) is 12.6 Å². The Hall–Kier alpha value is -1.29. The summed E-state index contributed by atoms with van der Waals surface area (Å²) in [5, 5.41) is 8.58. The smallest absolute Gasteiger partial charge is 0.335 e. The van der Waals surface area contributed by atoms with Gasteiger partial charge in [-0.2, -0.15) is 12.6 Å². The van der Waals surface area contributed by atoms with Gasteiger partial charge < -0.3 is 5.11 Å². The molecule has 1 aromatic rings. The minimum atomic E-state index is -1.13. The zero-order chi connectivity index (χ0) is 10.6. The molecular formula is C10H9FO2S. The van der Waals surface area contributed by atoms with Crippen LogP contribution in [-0.4, -0.2) is 16.8 Å². The first-order valence-corrected chi connectivity index (χ1v) is 4.58. The first-order valence-electron chi connectivity index (χ1n) is 3.95. The minimum absolute atomic E-state index is 0.0504. The second-order valence-electron chi connectivity index (χ2n) is 2.63. The van der Waals surface area contributed by atoms with Crippen LogP contribution in [0.3, 0.4) is 0 Å². The molecule has 0 saturated carbocycles. The molecule has 1 rings (SSSR count). The molecule has 4 heteroatoms. The average Bonchev–Trinajstić information content (AvgIpc) is 2.15. The molecule has 0 aliphatic carbocycles. The molecule has 0 unspecified atom stereocenters. The Labute approximate surface area is 86.5 Å². The van der Waals surface area contributed by atoms with Crippen LogP contribution in [0.2, 0.25) is 0 Å². The van der Waals surface area contributed by atoms with Gasteiger partial charge in [0, 0.05) is 11.3 Å². The largest absolute Gasteiger partial charge is 0.478 e. The van der Waals surface area contributed by atoms with Crippen molar-refractivity contribution in [1.82, 2.24) is 0 Å². The molecule has 74 valence electrons. The number of carboxylic acid groups (broad SMARTS) is 1. The third-order valence-corrected chi connectivity index (χ3v) is 1.86. The highest BCUT2D eigenvalue weighted by Crippen LogP contribution is 2.12. The fourth-order valence-electron chi connectivity index (χ4n) is 0.975. The highest BCUT2D eigenvalue weighted by molar-refractivity contribution is 7.80. The lowest BCUT2D eigenvalue weighted by Gasteiger charge is -1.98. The maximum Gasteiger partial charge on any atom is 0.335 e. The summed E-state index contributed by atoms with van der Waals surface area (Å²) in [6.45, 7) is 0. The Bertz CT molecular complexity index is 374. The first-order chi connectivity index (χ1) is 6.65. The Morgan fingerprint density at radius 3 is 2.79 bits per heavy atom. The molecule has 1 aromatic carbocycles. The van der Waals surface area contributed by atoms with Crippen molar-refractivity contribution in [2.45, 2.75) is 0 Å². The van der Waals surface area contributed by atoms with Crippen LogP contribution in [0, 0.1) is 5.82 Å². The molecule has 0 saturated heterocycles. The quantitative estimate of drug-likeness (QED) is 0.755. The van der Waals surface area contributed by atoms with Gasteiger partial charge >= 0.3 is 5.97 Å². The van der Waals surface area contributed by atoms with Gasteiger partial charge in [0.1, 0.15) is 5.82 Å². The highest BCUT2D eigenvalue weighted by atomic mass is 32.1. The monoisotopic (exact) mass is 212 g/mol. The predicted octanol–water partition coefficient (Wildman–Crippen LogP) is 2.47. The minimum Gasteiger partial charge on any atom is -0.478 e. The van der Waals surface area contributed by atoms with Gasteiger partial charge in [-0.3, -0.25) is 0 Å². The van der Waals surface area contributed by atoms with Crippen LogP contribution >= 0.6 is 12.6 Å². The van der Waals surface area contributed by atoms with Gasteiger partial charge in [-0.05, 0) is 12.1 Å². The fraction of sp³-hybridized carbons (Fsp3) is 0.100. The van der Waals surface area contributed by atoms with Gasteiger partial charge in [0.2, 0.25) is 0 Å². The Morgan fingerprint density at radius 2 is 2.29 bits per heavy atom. The van der Waals surface area contributed by atoms with E-state index in [1.54, 1.807) is 12.2 Å². The number of thiol groups is 1. The van der Waals surface area contributed by atoms with E-state index in [9.17, 15) is 9.18 Å². The second kappa shape index (κ2) is 4.81. The van der Waals surface area contributed by atoms with Crippen molar-refractivity contribution in [1.29, 1.82) is 0 Å². The summed E-state index contributed by atoms with van der Waals surface area (Å²) in [7, 11) is 0. The topological polar surface area (TPSA) is 37.3 Å². The average molecular weight is 212 g/mol. The molecular weight excluding hydrogens is 203 g/mol. The van der Waals surface area contributed by atoms with Gasteiger partial charge in [0.05, 0.1) is 5.56 Å². The number of halogens is 1. The zero-order valence-electron chi connectivity index (χ0n) is 7.27. The molecule has 0 atom stereocenters. The van der Waals surface area contributed by atoms with Crippen molar-refractivity contribution in [3.05, 3.63) is 41.2 Å². The maximum atomic E-state index is 13.2. The summed E-state index contributed by atoms with van der Waals surface area (Å²) < 4.78 is 13.2. The standard InChI is InChI=1S/C10H9FO2S/c11-9-6-8(10(12)13)4-3-7(9)2-1-5-14/h1-4,6,14H,5H2,(H,12,13). The number of hydrogen-bond donors (Lipinski definition) is 2. The Morgan fingerprint density at radius 1 is 1.57 bits per heavy atom. The van der Waals surface area contributed by atoms with Crippen LogP contribution in [0.1, 0.15) is 15.9 Å². The molecule has 0 fully saturated rings. The number of hydrogen-bond acceptors (Lipinski definition) is 2. The number of rotatable bonds is 3. The van der Waals surface area contributed by atoms with Crippen LogP contribution in [0.5, 0.6) is 0 Å². The van der Waals surface area contributed by atoms with Crippen LogP contribution in [0.4, 0.5) is 4.39 Å². The summed E-state index contributed by atoms with van der Waals surface area (Å²) in [5.74, 6) is -1.16. The van der Waals surface area contributed by atoms with Crippen molar-refractivity contribution >= 4 is 24.7 Å². The van der Waals surface area contributed by atoms with Crippen molar-refractivity contribution in [2.24, 2.45) is 0 Å². The number of carboxylic acids is 1. The van der Waals surface area contributed by atoms with E-state index in [-0.39, 0.29) is 5.56 Å². The molecule has 0 amide bonds. The molecule has 0 aliphatic heterocycles. The van der Waals surface area contributed by atoms with E-state index in [1.165, 1.54) is 12.1 Å². The molecule has 1 N–H and O–H groups in total. The zero-order valence-corrected chi connectivity index (χ0v) is 8.17. The summed E-state index contributed by atoms with van der Waals surface area (Å²) >= 11 is 3.93. The van der Waals surface area contributed by atoms with E-state index >= 15 is 0 Å². The van der Waals surface area contributed by atoms with E-state index in [0.29, 0.717) is 11.3 Å². The van der Waals surface area contributed by atoms with Gasteiger partial charge in [-0.1, -0.05) is 18.2 Å². The molecule has 0 radical (unpaired) electrons. The summed E-state index contributed by atoms with van der Waals surface area (Å²) in [6.07, 6.45) is 3.25. The molecule has 0 aliphatic rings. The third kappa shape index (κ3) is 2.60. The predicted molar refractivity (Wildman–Crippen MR) is 56.2 cm³/mol. The summed E-state index contributed by atoms with van der Waals surface area (Å²) in [4.78, 5) is 10.5. The van der Waals surface area contributed by atoms with Crippen LogP contribution in [0.25, 0.3) is 6.08 Å². The molecule has 0 spiro atoms. The number of benzene rings is 1. The van der Waals surface area contributed by atoms with Crippen LogP contribution in [-0.2, 0) is 0 Å². The highest BCUT2D eigenvalue weighted by Gasteiger charge is 2.05. The Balaban J connectivity index is 3.01. The van der Waals surface area contributed by atoms with Crippen molar-refractivity contribution in [3.63, 3.8) is 0 Å². The SMILES string of the molecule is O=C(O)c1ccc(C=CCS)c(F)c1. The molecule has 0 aromatic heterocycles. The number of aromatic carboxylic acids is 1. The normalized spacial score (nSPS) is 10.7.